The zero-order valence-corrected chi connectivity index (χ0v) is 11.6. The Kier molecular flexibility index (Phi) is 4.91. The zero-order chi connectivity index (χ0) is 14.6. The Hall–Kier alpha value is -2.05. The summed E-state index contributed by atoms with van der Waals surface area (Å²) in [5.74, 6) is -1.03. The number of hydrogen-bond acceptors (Lipinski definition) is 3. The predicted molar refractivity (Wildman–Crippen MR) is 71.2 cm³/mol. The normalized spacial score (nSPS) is 12.0. The van der Waals surface area contributed by atoms with Gasteiger partial charge in [0.2, 0.25) is 0 Å². The highest BCUT2D eigenvalue weighted by Crippen LogP contribution is 2.17. The van der Waals surface area contributed by atoms with Gasteiger partial charge in [-0.1, -0.05) is 6.92 Å². The number of carbonyl (C=O) groups excluding carboxylic acids is 1. The third kappa shape index (κ3) is 3.70. The van der Waals surface area contributed by atoms with Gasteiger partial charge >= 0.3 is 12.0 Å². The molecule has 0 aliphatic rings. The monoisotopic (exact) mass is 268 g/mol. The second-order valence-electron chi connectivity index (χ2n) is 4.52. The predicted octanol–water partition coefficient (Wildman–Crippen LogP) is 1.74. The highest BCUT2D eigenvalue weighted by molar-refractivity contribution is 5.92. The Balaban J connectivity index is 2.85. The molecule has 106 valence electrons. The number of carbonyl (C=O) groups is 2. The summed E-state index contributed by atoms with van der Waals surface area (Å²) in [5, 5.41) is 18.3. The second kappa shape index (κ2) is 6.21. The highest BCUT2D eigenvalue weighted by Gasteiger charge is 2.23. The van der Waals surface area contributed by atoms with E-state index in [0.717, 1.165) is 5.69 Å². The van der Waals surface area contributed by atoms with Gasteiger partial charge in [-0.15, -0.1) is 0 Å². The SMILES string of the molecule is CCC(C)N(CC(=O)O)C(=O)Nc1c(C)n[nH]c1C. The number of aryl methyl sites for hydroxylation is 2. The lowest BCUT2D eigenvalue weighted by molar-refractivity contribution is -0.138. The number of nitrogens with zero attached hydrogens (tertiary/aromatic N) is 2. The van der Waals surface area contributed by atoms with E-state index in [1.165, 1.54) is 4.90 Å². The number of urea groups is 1. The summed E-state index contributed by atoms with van der Waals surface area (Å²) in [6, 6.07) is -0.576. The number of hydrogen-bond donors (Lipinski definition) is 3. The second-order valence-corrected chi connectivity index (χ2v) is 4.52. The van der Waals surface area contributed by atoms with Crippen molar-refractivity contribution in [3.05, 3.63) is 11.4 Å². The lowest BCUT2D eigenvalue weighted by atomic mass is 10.2. The number of aromatic amines is 1. The quantitative estimate of drug-likeness (QED) is 0.757. The van der Waals surface area contributed by atoms with Crippen molar-refractivity contribution in [1.29, 1.82) is 0 Å². The molecule has 7 nitrogen and oxygen atoms in total. The van der Waals surface area contributed by atoms with E-state index in [1.807, 2.05) is 13.8 Å². The van der Waals surface area contributed by atoms with E-state index in [9.17, 15) is 9.59 Å². The van der Waals surface area contributed by atoms with Gasteiger partial charge in [-0.2, -0.15) is 5.10 Å². The summed E-state index contributed by atoms with van der Waals surface area (Å²) in [7, 11) is 0. The van der Waals surface area contributed by atoms with Crippen molar-refractivity contribution in [3.63, 3.8) is 0 Å². The molecule has 3 N–H and O–H groups in total. The Labute approximate surface area is 112 Å². The van der Waals surface area contributed by atoms with Gasteiger partial charge in [-0.05, 0) is 27.2 Å². The third-order valence-electron chi connectivity index (χ3n) is 3.05. The van der Waals surface area contributed by atoms with Crippen molar-refractivity contribution in [1.82, 2.24) is 15.1 Å². The topological polar surface area (TPSA) is 98.3 Å². The van der Waals surface area contributed by atoms with Gasteiger partial charge in [0.15, 0.2) is 0 Å². The molecule has 0 radical (unpaired) electrons. The Morgan fingerprint density at radius 2 is 2.11 bits per heavy atom. The van der Waals surface area contributed by atoms with Crippen LogP contribution < -0.4 is 5.32 Å². The summed E-state index contributed by atoms with van der Waals surface area (Å²) in [4.78, 5) is 24.3. The molecule has 0 aromatic carbocycles. The number of nitrogens with one attached hydrogen (secondary N) is 2. The van der Waals surface area contributed by atoms with Gasteiger partial charge in [0.25, 0.3) is 0 Å². The van der Waals surface area contributed by atoms with Crippen molar-refractivity contribution < 1.29 is 14.7 Å². The molecular formula is C12H20N4O3. The van der Waals surface area contributed by atoms with Gasteiger partial charge in [0, 0.05) is 6.04 Å². The van der Waals surface area contributed by atoms with Crippen LogP contribution in [-0.4, -0.2) is 44.8 Å². The summed E-state index contributed by atoms with van der Waals surface area (Å²) < 4.78 is 0. The molecule has 0 spiro atoms. The highest BCUT2D eigenvalue weighted by atomic mass is 16.4. The summed E-state index contributed by atoms with van der Waals surface area (Å²) in [5.41, 5.74) is 2.01. The number of rotatable bonds is 5. The molecule has 1 atom stereocenters. The molecule has 19 heavy (non-hydrogen) atoms. The molecule has 1 heterocycles. The maximum atomic E-state index is 12.2. The first kappa shape index (κ1) is 15.0. The molecule has 0 aliphatic heterocycles. The van der Waals surface area contributed by atoms with E-state index in [1.54, 1.807) is 13.8 Å². The van der Waals surface area contributed by atoms with Crippen molar-refractivity contribution in [2.75, 3.05) is 11.9 Å². The smallest absolute Gasteiger partial charge is 0.323 e. The van der Waals surface area contributed by atoms with Crippen LogP contribution in [0.25, 0.3) is 0 Å². The van der Waals surface area contributed by atoms with Gasteiger partial charge < -0.3 is 15.3 Å². The molecule has 1 aromatic rings. The van der Waals surface area contributed by atoms with Crippen molar-refractivity contribution in [2.24, 2.45) is 0 Å². The molecule has 1 unspecified atom stereocenters. The maximum Gasteiger partial charge on any atom is 0.323 e. The summed E-state index contributed by atoms with van der Waals surface area (Å²) >= 11 is 0. The first-order valence-corrected chi connectivity index (χ1v) is 6.17. The molecule has 0 saturated heterocycles. The number of aliphatic carboxylic acids is 1. The molecule has 1 rings (SSSR count). The van der Waals surface area contributed by atoms with E-state index < -0.39 is 12.0 Å². The van der Waals surface area contributed by atoms with Crippen LogP contribution in [0.4, 0.5) is 10.5 Å². The number of H-pyrrole nitrogens is 1. The zero-order valence-electron chi connectivity index (χ0n) is 11.6. The lowest BCUT2D eigenvalue weighted by Gasteiger charge is -2.27. The number of amides is 2. The van der Waals surface area contributed by atoms with E-state index in [-0.39, 0.29) is 12.6 Å². The maximum absolute atomic E-state index is 12.2. The molecule has 2 amide bonds. The minimum absolute atomic E-state index is 0.149. The molecule has 0 fully saturated rings. The largest absolute Gasteiger partial charge is 0.480 e. The molecule has 0 saturated carbocycles. The van der Waals surface area contributed by atoms with Crippen LogP contribution in [0.5, 0.6) is 0 Å². The van der Waals surface area contributed by atoms with Crippen LogP contribution in [0, 0.1) is 13.8 Å². The third-order valence-corrected chi connectivity index (χ3v) is 3.05. The van der Waals surface area contributed by atoms with E-state index in [0.29, 0.717) is 17.8 Å². The van der Waals surface area contributed by atoms with Gasteiger partial charge in [0.05, 0.1) is 17.1 Å². The number of aromatic nitrogens is 2. The fraction of sp³-hybridized carbons (Fsp3) is 0.583. The van der Waals surface area contributed by atoms with Crippen molar-refractivity contribution in [2.45, 2.75) is 40.2 Å². The van der Waals surface area contributed by atoms with E-state index >= 15 is 0 Å². The first-order valence-electron chi connectivity index (χ1n) is 6.17. The molecule has 1 aromatic heterocycles. The van der Waals surface area contributed by atoms with Crippen LogP contribution in [0.1, 0.15) is 31.7 Å². The Morgan fingerprint density at radius 3 is 2.53 bits per heavy atom. The van der Waals surface area contributed by atoms with Gasteiger partial charge in [-0.3, -0.25) is 9.89 Å². The minimum Gasteiger partial charge on any atom is -0.480 e. The molecule has 7 heteroatoms. The Bertz CT molecular complexity index is 450. The first-order chi connectivity index (χ1) is 8.86. The van der Waals surface area contributed by atoms with Crippen LogP contribution in [-0.2, 0) is 4.79 Å². The summed E-state index contributed by atoms with van der Waals surface area (Å²) in [6.07, 6.45) is 0.685. The standard InChI is InChI=1S/C12H20N4O3/c1-5-7(2)16(6-10(17)18)12(19)13-11-8(3)14-15-9(11)4/h7H,5-6H2,1-4H3,(H,13,19)(H,14,15)(H,17,18). The fourth-order valence-corrected chi connectivity index (χ4v) is 1.71. The average Bonchev–Trinajstić information content (AvgIpc) is 2.66. The average molecular weight is 268 g/mol. The fourth-order valence-electron chi connectivity index (χ4n) is 1.71. The molecule has 0 aliphatic carbocycles. The molecule has 0 bridgehead atoms. The number of anilines is 1. The van der Waals surface area contributed by atoms with Crippen LogP contribution in [0.2, 0.25) is 0 Å². The minimum atomic E-state index is -1.03. The van der Waals surface area contributed by atoms with E-state index in [2.05, 4.69) is 15.5 Å². The van der Waals surface area contributed by atoms with E-state index in [4.69, 9.17) is 5.11 Å². The van der Waals surface area contributed by atoms with Crippen molar-refractivity contribution in [3.8, 4) is 0 Å². The summed E-state index contributed by atoms with van der Waals surface area (Å²) in [6.45, 7) is 6.96. The van der Waals surface area contributed by atoms with Crippen LogP contribution in [0.3, 0.4) is 0 Å². The van der Waals surface area contributed by atoms with Crippen molar-refractivity contribution >= 4 is 17.7 Å². The lowest BCUT2D eigenvalue weighted by Crippen LogP contribution is -2.44. The van der Waals surface area contributed by atoms with Gasteiger partial charge in [0.1, 0.15) is 6.54 Å². The Morgan fingerprint density at radius 1 is 1.47 bits per heavy atom. The molecular weight excluding hydrogens is 248 g/mol. The van der Waals surface area contributed by atoms with Crippen LogP contribution in [0.15, 0.2) is 0 Å². The van der Waals surface area contributed by atoms with Crippen LogP contribution >= 0.6 is 0 Å². The number of carboxylic acid groups (broad SMARTS) is 1. The van der Waals surface area contributed by atoms with Gasteiger partial charge in [-0.25, -0.2) is 4.79 Å². The number of carboxylic acids is 1.